The first-order valence-corrected chi connectivity index (χ1v) is 9.27. The van der Waals surface area contributed by atoms with Crippen LogP contribution in [0.4, 0.5) is 5.69 Å². The topological polar surface area (TPSA) is 87.3 Å². The van der Waals surface area contributed by atoms with Crippen molar-refractivity contribution in [2.75, 3.05) is 16.8 Å². The lowest BCUT2D eigenvalue weighted by Crippen LogP contribution is -2.42. The lowest BCUT2D eigenvalue weighted by Gasteiger charge is -2.08. The Hall–Kier alpha value is -2.51. The van der Waals surface area contributed by atoms with E-state index in [1.807, 2.05) is 25.1 Å². The molecule has 3 amide bonds. The van der Waals surface area contributed by atoms with Crippen LogP contribution in [0, 0.1) is 6.92 Å². The number of aryl methyl sites for hydroxylation is 1. The molecule has 0 radical (unpaired) electrons. The number of halogens is 1. The Labute approximate surface area is 160 Å². The number of benzene rings is 2. The van der Waals surface area contributed by atoms with Crippen LogP contribution in [0.1, 0.15) is 15.9 Å². The molecule has 0 bridgehead atoms. The largest absolute Gasteiger partial charge is 0.325 e. The highest BCUT2D eigenvalue weighted by Gasteiger charge is 2.11. The molecule has 0 aliphatic carbocycles. The van der Waals surface area contributed by atoms with Gasteiger partial charge < -0.3 is 5.32 Å². The standard InChI is InChI=1S/C18H18ClN3O3S/c1-12-5-4-6-13(9-12)20-16(23)10-26-11-17(24)21-22-18(25)14-7-2-3-8-15(14)19/h2-9H,10-11H2,1H3,(H,20,23)(H,21,24)(H,22,25). The number of thioether (sulfide) groups is 1. The van der Waals surface area contributed by atoms with Crippen molar-refractivity contribution in [2.45, 2.75) is 6.92 Å². The van der Waals surface area contributed by atoms with Crippen LogP contribution in [0.15, 0.2) is 48.5 Å². The highest BCUT2D eigenvalue weighted by Crippen LogP contribution is 2.14. The zero-order chi connectivity index (χ0) is 18.9. The Kier molecular flexibility index (Phi) is 7.50. The monoisotopic (exact) mass is 391 g/mol. The van der Waals surface area contributed by atoms with E-state index in [-0.39, 0.29) is 23.0 Å². The summed E-state index contributed by atoms with van der Waals surface area (Å²) in [7, 11) is 0. The Balaban J connectivity index is 1.68. The molecule has 6 nitrogen and oxygen atoms in total. The Morgan fingerprint density at radius 2 is 1.69 bits per heavy atom. The molecule has 2 aromatic carbocycles. The summed E-state index contributed by atoms with van der Waals surface area (Å²) in [4.78, 5) is 35.5. The minimum Gasteiger partial charge on any atom is -0.325 e. The number of amides is 3. The fraction of sp³-hybridized carbons (Fsp3) is 0.167. The van der Waals surface area contributed by atoms with Crippen molar-refractivity contribution in [1.82, 2.24) is 10.9 Å². The number of hydrogen-bond acceptors (Lipinski definition) is 4. The van der Waals surface area contributed by atoms with E-state index >= 15 is 0 Å². The normalized spacial score (nSPS) is 10.1. The SMILES string of the molecule is Cc1cccc(NC(=O)CSCC(=O)NNC(=O)c2ccccc2Cl)c1. The first-order valence-electron chi connectivity index (χ1n) is 7.73. The maximum absolute atomic E-state index is 11.9. The summed E-state index contributed by atoms with van der Waals surface area (Å²) in [6, 6.07) is 14.0. The molecule has 0 fully saturated rings. The molecule has 8 heteroatoms. The minimum absolute atomic E-state index is 0.0318. The van der Waals surface area contributed by atoms with Crippen molar-refractivity contribution in [1.29, 1.82) is 0 Å². The summed E-state index contributed by atoms with van der Waals surface area (Å²) >= 11 is 7.05. The predicted octanol–water partition coefficient (Wildman–Crippen LogP) is 2.78. The van der Waals surface area contributed by atoms with Gasteiger partial charge in [0.15, 0.2) is 0 Å². The summed E-state index contributed by atoms with van der Waals surface area (Å²) in [6.45, 7) is 1.94. The molecule has 0 saturated heterocycles. The zero-order valence-electron chi connectivity index (χ0n) is 14.0. The van der Waals surface area contributed by atoms with Crippen molar-refractivity contribution in [3.63, 3.8) is 0 Å². The van der Waals surface area contributed by atoms with Gasteiger partial charge in [-0.3, -0.25) is 25.2 Å². The maximum Gasteiger partial charge on any atom is 0.271 e. The average molecular weight is 392 g/mol. The van der Waals surface area contributed by atoms with Gasteiger partial charge >= 0.3 is 0 Å². The lowest BCUT2D eigenvalue weighted by atomic mass is 10.2. The predicted molar refractivity (Wildman–Crippen MR) is 104 cm³/mol. The molecule has 0 aliphatic rings. The fourth-order valence-electron chi connectivity index (χ4n) is 2.03. The van der Waals surface area contributed by atoms with Gasteiger partial charge in [0.25, 0.3) is 5.91 Å². The van der Waals surface area contributed by atoms with E-state index < -0.39 is 11.8 Å². The molecule has 2 aromatic rings. The van der Waals surface area contributed by atoms with Crippen LogP contribution in [0.25, 0.3) is 0 Å². The van der Waals surface area contributed by atoms with E-state index in [9.17, 15) is 14.4 Å². The number of nitrogens with one attached hydrogen (secondary N) is 3. The summed E-state index contributed by atoms with van der Waals surface area (Å²) in [5.74, 6) is -0.970. The van der Waals surface area contributed by atoms with E-state index in [4.69, 9.17) is 11.6 Å². The Bertz CT molecular complexity index is 814. The maximum atomic E-state index is 11.9. The number of anilines is 1. The molecule has 0 aromatic heterocycles. The Morgan fingerprint density at radius 3 is 2.42 bits per heavy atom. The summed E-state index contributed by atoms with van der Waals surface area (Å²) in [6.07, 6.45) is 0. The molecular weight excluding hydrogens is 374 g/mol. The first-order chi connectivity index (χ1) is 12.5. The summed E-state index contributed by atoms with van der Waals surface area (Å²) < 4.78 is 0. The number of hydrazine groups is 1. The molecule has 0 heterocycles. The van der Waals surface area contributed by atoms with Crippen LogP contribution < -0.4 is 16.2 Å². The lowest BCUT2D eigenvalue weighted by molar-refractivity contribution is -0.119. The van der Waals surface area contributed by atoms with Gasteiger partial charge in [-0.15, -0.1) is 11.8 Å². The molecule has 3 N–H and O–H groups in total. The number of hydrogen-bond donors (Lipinski definition) is 3. The molecular formula is C18H18ClN3O3S. The molecule has 0 spiro atoms. The molecule has 0 saturated carbocycles. The highest BCUT2D eigenvalue weighted by molar-refractivity contribution is 8.00. The van der Waals surface area contributed by atoms with Crippen LogP contribution in [-0.2, 0) is 9.59 Å². The van der Waals surface area contributed by atoms with Gasteiger partial charge in [0.2, 0.25) is 11.8 Å². The van der Waals surface area contributed by atoms with Crippen molar-refractivity contribution in [2.24, 2.45) is 0 Å². The van der Waals surface area contributed by atoms with E-state index in [0.717, 1.165) is 17.3 Å². The van der Waals surface area contributed by atoms with E-state index in [1.165, 1.54) is 0 Å². The molecule has 0 aliphatic heterocycles. The van der Waals surface area contributed by atoms with E-state index in [2.05, 4.69) is 16.2 Å². The van der Waals surface area contributed by atoms with Gasteiger partial charge in [-0.2, -0.15) is 0 Å². The second-order valence-corrected chi connectivity index (χ2v) is 6.79. The third-order valence-electron chi connectivity index (χ3n) is 3.20. The van der Waals surface area contributed by atoms with E-state index in [1.54, 1.807) is 30.3 Å². The van der Waals surface area contributed by atoms with Crippen LogP contribution in [0.3, 0.4) is 0 Å². The molecule has 0 unspecified atom stereocenters. The summed E-state index contributed by atoms with van der Waals surface area (Å²) in [5.41, 5.74) is 6.60. The summed E-state index contributed by atoms with van der Waals surface area (Å²) in [5, 5.41) is 3.05. The van der Waals surface area contributed by atoms with Crippen molar-refractivity contribution < 1.29 is 14.4 Å². The van der Waals surface area contributed by atoms with Crippen molar-refractivity contribution in [3.05, 3.63) is 64.7 Å². The van der Waals surface area contributed by atoms with Crippen LogP contribution in [-0.4, -0.2) is 29.2 Å². The second kappa shape index (κ2) is 9.84. The van der Waals surface area contributed by atoms with Gasteiger partial charge in [-0.25, -0.2) is 0 Å². The highest BCUT2D eigenvalue weighted by atomic mass is 35.5. The van der Waals surface area contributed by atoms with Gasteiger partial charge in [-0.05, 0) is 36.8 Å². The molecule has 136 valence electrons. The van der Waals surface area contributed by atoms with Gasteiger partial charge in [0.05, 0.1) is 22.1 Å². The molecule has 26 heavy (non-hydrogen) atoms. The van der Waals surface area contributed by atoms with Gasteiger partial charge in [0, 0.05) is 5.69 Å². The first kappa shape index (κ1) is 19.8. The van der Waals surface area contributed by atoms with Crippen molar-refractivity contribution >= 4 is 46.8 Å². The third kappa shape index (κ3) is 6.42. The second-order valence-electron chi connectivity index (χ2n) is 5.39. The zero-order valence-corrected chi connectivity index (χ0v) is 15.6. The van der Waals surface area contributed by atoms with Crippen LogP contribution in [0.2, 0.25) is 5.02 Å². The molecule has 0 atom stereocenters. The average Bonchev–Trinajstić information content (AvgIpc) is 2.60. The smallest absolute Gasteiger partial charge is 0.271 e. The quantitative estimate of drug-likeness (QED) is 0.661. The number of rotatable bonds is 6. The third-order valence-corrected chi connectivity index (χ3v) is 4.46. The fourth-order valence-corrected chi connectivity index (χ4v) is 2.87. The number of carbonyl (C=O) groups excluding carboxylic acids is 3. The molecule has 2 rings (SSSR count). The number of carbonyl (C=O) groups is 3. The van der Waals surface area contributed by atoms with Crippen molar-refractivity contribution in [3.8, 4) is 0 Å². The van der Waals surface area contributed by atoms with Crippen LogP contribution >= 0.6 is 23.4 Å². The minimum atomic E-state index is -0.508. The Morgan fingerprint density at radius 1 is 0.962 bits per heavy atom. The van der Waals surface area contributed by atoms with Gasteiger partial charge in [-0.1, -0.05) is 35.9 Å². The van der Waals surface area contributed by atoms with E-state index in [0.29, 0.717) is 10.7 Å². The van der Waals surface area contributed by atoms with Crippen LogP contribution in [0.5, 0.6) is 0 Å². The van der Waals surface area contributed by atoms with Gasteiger partial charge in [0.1, 0.15) is 0 Å².